The molecule has 0 radical (unpaired) electrons. The third-order valence-corrected chi connectivity index (χ3v) is 9.06. The van der Waals surface area contributed by atoms with E-state index in [1.54, 1.807) is 12.1 Å². The summed E-state index contributed by atoms with van der Waals surface area (Å²) in [4.78, 5) is 0. The topological polar surface area (TPSA) is 12.5 Å². The number of epoxide rings is 1. The van der Waals surface area contributed by atoms with Crippen LogP contribution in [0.25, 0.3) is 0 Å². The lowest BCUT2D eigenvalue weighted by Crippen LogP contribution is -2.15. The minimum absolute atomic E-state index is 0.0529. The molecule has 1 saturated carbocycles. The van der Waals surface area contributed by atoms with Gasteiger partial charge in [0, 0.05) is 11.8 Å². The molecule has 3 atom stereocenters. The number of ether oxygens (including phenoxy) is 1. The third kappa shape index (κ3) is 6.50. The lowest BCUT2D eigenvalue weighted by Gasteiger charge is -2.29. The van der Waals surface area contributed by atoms with Crippen LogP contribution in [0.2, 0.25) is 0 Å². The first-order chi connectivity index (χ1) is 18.0. The second-order valence-corrected chi connectivity index (χ2v) is 11.6. The van der Waals surface area contributed by atoms with Gasteiger partial charge in [-0.3, -0.25) is 0 Å². The Morgan fingerprint density at radius 1 is 0.919 bits per heavy atom. The van der Waals surface area contributed by atoms with Gasteiger partial charge >= 0.3 is 0 Å². The van der Waals surface area contributed by atoms with E-state index in [9.17, 15) is 4.39 Å². The van der Waals surface area contributed by atoms with Crippen LogP contribution in [0.5, 0.6) is 0 Å². The molecule has 1 aliphatic heterocycles. The van der Waals surface area contributed by atoms with Gasteiger partial charge in [0.15, 0.2) is 11.6 Å². The predicted molar refractivity (Wildman–Crippen MR) is 144 cm³/mol. The van der Waals surface area contributed by atoms with Crippen LogP contribution in [0.15, 0.2) is 59.5 Å². The van der Waals surface area contributed by atoms with Crippen LogP contribution < -0.4 is 0 Å². The van der Waals surface area contributed by atoms with E-state index in [2.05, 4.69) is 31.2 Å². The third-order valence-electron chi connectivity index (χ3n) is 9.06. The molecule has 1 aromatic carbocycles. The Morgan fingerprint density at radius 2 is 1.73 bits per heavy atom. The van der Waals surface area contributed by atoms with Gasteiger partial charge in [-0.1, -0.05) is 74.6 Å². The molecule has 3 aliphatic carbocycles. The number of halogens is 3. The van der Waals surface area contributed by atoms with E-state index in [-0.39, 0.29) is 29.7 Å². The predicted octanol–water partition coefficient (Wildman–Crippen LogP) is 9.45. The molecule has 2 fully saturated rings. The fraction of sp³-hybridized carbons (Fsp3) is 0.576. The Kier molecular flexibility index (Phi) is 8.74. The summed E-state index contributed by atoms with van der Waals surface area (Å²) in [5, 5.41) is 0. The van der Waals surface area contributed by atoms with Crippen LogP contribution in [0.3, 0.4) is 0 Å². The van der Waals surface area contributed by atoms with E-state index in [4.69, 9.17) is 4.74 Å². The Bertz CT molecular complexity index is 1070. The molecule has 4 aliphatic rings. The zero-order chi connectivity index (χ0) is 25.8. The van der Waals surface area contributed by atoms with Crippen molar-refractivity contribution in [2.24, 2.45) is 17.8 Å². The summed E-state index contributed by atoms with van der Waals surface area (Å²) in [5.74, 6) is -0.405. The number of rotatable bonds is 10. The largest absolute Gasteiger partial charge is 0.372 e. The Labute approximate surface area is 220 Å². The molecule has 37 heavy (non-hydrogen) atoms. The lowest BCUT2D eigenvalue weighted by molar-refractivity contribution is 0.297. The first-order valence-electron chi connectivity index (χ1n) is 14.6. The molecule has 1 aromatic rings. The van der Waals surface area contributed by atoms with E-state index < -0.39 is 11.6 Å². The number of hydrogen-bond acceptors (Lipinski definition) is 1. The highest BCUT2D eigenvalue weighted by Gasteiger charge is 2.36. The first-order valence-corrected chi connectivity index (χ1v) is 14.6. The summed E-state index contributed by atoms with van der Waals surface area (Å²) >= 11 is 0. The molecule has 0 N–H and O–H groups in total. The number of benzene rings is 1. The van der Waals surface area contributed by atoms with Crippen LogP contribution >= 0.6 is 0 Å². The van der Waals surface area contributed by atoms with Crippen molar-refractivity contribution >= 4 is 0 Å². The van der Waals surface area contributed by atoms with E-state index in [0.717, 1.165) is 49.2 Å². The van der Waals surface area contributed by atoms with Crippen molar-refractivity contribution in [1.82, 2.24) is 0 Å². The molecule has 1 saturated heterocycles. The maximum atomic E-state index is 15.1. The van der Waals surface area contributed by atoms with E-state index in [1.165, 1.54) is 25.7 Å². The molecular formula is C33H41F3O. The van der Waals surface area contributed by atoms with Crippen molar-refractivity contribution in [3.63, 3.8) is 0 Å². The molecule has 200 valence electrons. The molecule has 0 aromatic heterocycles. The minimum Gasteiger partial charge on any atom is -0.372 e. The molecule has 1 nitrogen and oxygen atoms in total. The van der Waals surface area contributed by atoms with Gasteiger partial charge in [0.2, 0.25) is 0 Å². The Morgan fingerprint density at radius 3 is 2.41 bits per heavy atom. The van der Waals surface area contributed by atoms with Crippen molar-refractivity contribution < 1.29 is 17.9 Å². The van der Waals surface area contributed by atoms with Crippen molar-refractivity contribution in [3.05, 3.63) is 82.2 Å². The van der Waals surface area contributed by atoms with Crippen LogP contribution in [0.4, 0.5) is 13.2 Å². The van der Waals surface area contributed by atoms with Crippen LogP contribution in [-0.2, 0) is 11.2 Å². The van der Waals surface area contributed by atoms with Gasteiger partial charge in [0.05, 0.1) is 12.7 Å². The Hall–Kier alpha value is -2.07. The number of aryl methyl sites for hydroxylation is 1. The molecule has 1 heterocycles. The normalized spacial score (nSPS) is 29.5. The lowest BCUT2D eigenvalue weighted by atomic mass is 9.76. The van der Waals surface area contributed by atoms with E-state index in [1.807, 2.05) is 6.07 Å². The van der Waals surface area contributed by atoms with Crippen LogP contribution in [0.1, 0.15) is 94.6 Å². The van der Waals surface area contributed by atoms with Gasteiger partial charge in [0.25, 0.3) is 0 Å². The summed E-state index contributed by atoms with van der Waals surface area (Å²) in [6, 6.07) is 3.64. The molecule has 5 rings (SSSR count). The number of allylic oxidation sites excluding steroid dienone is 7. The maximum Gasteiger partial charge on any atom is 0.162 e. The minimum atomic E-state index is -0.664. The van der Waals surface area contributed by atoms with Crippen LogP contribution in [-0.4, -0.2) is 12.7 Å². The summed E-state index contributed by atoms with van der Waals surface area (Å²) in [6.45, 7) is 2.89. The Balaban J connectivity index is 1.12. The van der Waals surface area contributed by atoms with E-state index in [0.29, 0.717) is 37.0 Å². The van der Waals surface area contributed by atoms with Crippen molar-refractivity contribution in [2.45, 2.75) is 96.0 Å². The monoisotopic (exact) mass is 510 g/mol. The highest BCUT2D eigenvalue weighted by molar-refractivity contribution is 5.37. The van der Waals surface area contributed by atoms with Gasteiger partial charge in [0.1, 0.15) is 5.83 Å². The van der Waals surface area contributed by atoms with Gasteiger partial charge in [-0.05, 0) is 86.0 Å². The van der Waals surface area contributed by atoms with Gasteiger partial charge in [-0.2, -0.15) is 0 Å². The number of unbranched alkanes of at least 4 members (excludes halogenated alkanes) is 2. The molecular weight excluding hydrogens is 469 g/mol. The fourth-order valence-electron chi connectivity index (χ4n) is 6.51. The average Bonchev–Trinajstić information content (AvgIpc) is 3.76. The second-order valence-electron chi connectivity index (χ2n) is 11.6. The molecule has 3 unspecified atom stereocenters. The summed E-state index contributed by atoms with van der Waals surface area (Å²) in [7, 11) is 0. The average molecular weight is 511 g/mol. The second kappa shape index (κ2) is 12.2. The quantitative estimate of drug-likeness (QED) is 0.226. The highest BCUT2D eigenvalue weighted by atomic mass is 19.2. The molecule has 0 bridgehead atoms. The fourth-order valence-corrected chi connectivity index (χ4v) is 6.51. The van der Waals surface area contributed by atoms with Gasteiger partial charge in [-0.25, -0.2) is 13.2 Å². The van der Waals surface area contributed by atoms with Gasteiger partial charge < -0.3 is 4.74 Å². The van der Waals surface area contributed by atoms with Crippen molar-refractivity contribution in [1.29, 1.82) is 0 Å². The smallest absolute Gasteiger partial charge is 0.162 e. The zero-order valence-electron chi connectivity index (χ0n) is 22.2. The first kappa shape index (κ1) is 26.5. The maximum absolute atomic E-state index is 15.1. The molecule has 4 heteroatoms. The van der Waals surface area contributed by atoms with Crippen LogP contribution in [0, 0.1) is 29.4 Å². The summed E-state index contributed by atoms with van der Waals surface area (Å²) in [5.41, 5.74) is 3.19. The zero-order valence-corrected chi connectivity index (χ0v) is 22.2. The van der Waals surface area contributed by atoms with Gasteiger partial charge in [-0.15, -0.1) is 0 Å². The number of hydrogen-bond donors (Lipinski definition) is 0. The standard InChI is InChI=1S/C33H41F3O/c1-2-3-4-5-22-8-13-25(14-9-22)28-18-16-26(32(35)33(28)36)15-10-23-6-11-24(12-7-23)27-17-19-29(30(34)20-27)31-21-37-31/h6-7,11,16-18,20,22,24-25,29,31H,2-5,8-10,12-15,19,21H2,1H3. The summed E-state index contributed by atoms with van der Waals surface area (Å²) < 4.78 is 49.8. The van der Waals surface area contributed by atoms with E-state index >= 15 is 8.78 Å². The van der Waals surface area contributed by atoms with Crippen molar-refractivity contribution in [2.75, 3.05) is 6.61 Å². The SMILES string of the molecule is CCCCCC1CCC(c2ccc(CCC3=CCC(C4=CCC(C5CO5)C(F)=C4)C=C3)c(F)c2F)CC1. The summed E-state index contributed by atoms with van der Waals surface area (Å²) in [6.07, 6.45) is 22.2. The molecule has 0 amide bonds. The van der Waals surface area contributed by atoms with Crippen molar-refractivity contribution in [3.8, 4) is 0 Å². The highest BCUT2D eigenvalue weighted by Crippen LogP contribution is 2.40. The molecule has 0 spiro atoms.